The first kappa shape index (κ1) is 13.7. The van der Waals surface area contributed by atoms with E-state index in [1.54, 1.807) is 7.11 Å². The molecule has 2 aliphatic rings. The minimum Gasteiger partial charge on any atom is -0.497 e. The minimum atomic E-state index is 0.710. The molecule has 2 aliphatic heterocycles. The summed E-state index contributed by atoms with van der Waals surface area (Å²) in [6.45, 7) is 7.18. The molecule has 3 nitrogen and oxygen atoms in total. The van der Waals surface area contributed by atoms with Crippen LogP contribution in [0.1, 0.15) is 31.7 Å². The van der Waals surface area contributed by atoms with Gasteiger partial charge in [-0.3, -0.25) is 4.90 Å². The highest BCUT2D eigenvalue weighted by molar-refractivity contribution is 5.59. The van der Waals surface area contributed by atoms with Gasteiger partial charge in [-0.1, -0.05) is 13.3 Å². The fourth-order valence-corrected chi connectivity index (χ4v) is 3.56. The number of rotatable bonds is 4. The summed E-state index contributed by atoms with van der Waals surface area (Å²) in [5, 5.41) is 0. The zero-order valence-corrected chi connectivity index (χ0v) is 12.8. The van der Waals surface area contributed by atoms with Crippen molar-refractivity contribution in [1.29, 1.82) is 0 Å². The summed E-state index contributed by atoms with van der Waals surface area (Å²) in [7, 11) is 1.75. The predicted octanol–water partition coefficient (Wildman–Crippen LogP) is 2.93. The fraction of sp³-hybridized carbons (Fsp3) is 0.647. The lowest BCUT2D eigenvalue weighted by Gasteiger charge is -2.46. The quantitative estimate of drug-likeness (QED) is 0.839. The standard InChI is InChI=1S/C17H26N2O/c1-3-4-9-18-10-11-19-15(13-18)6-5-14-12-16(20-2)7-8-17(14)19/h7-8,12,15H,3-6,9-11,13H2,1-2H3. The summed E-state index contributed by atoms with van der Waals surface area (Å²) in [4.78, 5) is 5.28. The van der Waals surface area contributed by atoms with E-state index in [0.29, 0.717) is 6.04 Å². The van der Waals surface area contributed by atoms with Gasteiger partial charge in [0.15, 0.2) is 0 Å². The van der Waals surface area contributed by atoms with Gasteiger partial charge < -0.3 is 9.64 Å². The Morgan fingerprint density at radius 3 is 3.00 bits per heavy atom. The van der Waals surface area contributed by atoms with E-state index in [-0.39, 0.29) is 0 Å². The lowest BCUT2D eigenvalue weighted by atomic mass is 9.93. The monoisotopic (exact) mass is 274 g/mol. The van der Waals surface area contributed by atoms with Gasteiger partial charge in [0.05, 0.1) is 7.11 Å². The van der Waals surface area contributed by atoms with Crippen LogP contribution in [0.2, 0.25) is 0 Å². The largest absolute Gasteiger partial charge is 0.497 e. The average Bonchev–Trinajstić information content (AvgIpc) is 2.51. The summed E-state index contributed by atoms with van der Waals surface area (Å²) < 4.78 is 5.35. The third kappa shape index (κ3) is 2.64. The van der Waals surface area contributed by atoms with Crippen molar-refractivity contribution in [3.8, 4) is 5.75 Å². The smallest absolute Gasteiger partial charge is 0.119 e. The molecule has 0 N–H and O–H groups in total. The molecule has 1 saturated heterocycles. The number of methoxy groups -OCH3 is 1. The number of nitrogens with zero attached hydrogens (tertiary/aromatic N) is 2. The number of piperazine rings is 1. The van der Waals surface area contributed by atoms with E-state index in [1.807, 2.05) is 0 Å². The van der Waals surface area contributed by atoms with E-state index < -0.39 is 0 Å². The second-order valence-corrected chi connectivity index (χ2v) is 6.03. The molecule has 0 aromatic heterocycles. The molecule has 3 heteroatoms. The zero-order chi connectivity index (χ0) is 13.9. The van der Waals surface area contributed by atoms with Crippen LogP contribution in [0.5, 0.6) is 5.75 Å². The van der Waals surface area contributed by atoms with Crippen LogP contribution >= 0.6 is 0 Å². The first-order valence-corrected chi connectivity index (χ1v) is 7.97. The summed E-state index contributed by atoms with van der Waals surface area (Å²) in [5.74, 6) is 0.990. The molecule has 1 fully saturated rings. The summed E-state index contributed by atoms with van der Waals surface area (Å²) >= 11 is 0. The van der Waals surface area contributed by atoms with E-state index in [4.69, 9.17) is 4.74 Å². The third-order valence-electron chi connectivity index (χ3n) is 4.74. The molecule has 1 aromatic carbocycles. The summed E-state index contributed by atoms with van der Waals surface area (Å²) in [5.41, 5.74) is 2.90. The normalized spacial score (nSPS) is 22.3. The second kappa shape index (κ2) is 6.04. The van der Waals surface area contributed by atoms with Crippen molar-refractivity contribution in [2.24, 2.45) is 0 Å². The lowest BCUT2D eigenvalue weighted by Crippen LogP contribution is -2.55. The van der Waals surface area contributed by atoms with Gasteiger partial charge >= 0.3 is 0 Å². The minimum absolute atomic E-state index is 0.710. The maximum atomic E-state index is 5.35. The number of fused-ring (bicyclic) bond motifs is 3. The molecule has 0 bridgehead atoms. The van der Waals surface area contributed by atoms with Crippen molar-refractivity contribution in [3.63, 3.8) is 0 Å². The van der Waals surface area contributed by atoms with E-state index in [1.165, 1.54) is 63.1 Å². The average molecular weight is 274 g/mol. The highest BCUT2D eigenvalue weighted by atomic mass is 16.5. The maximum Gasteiger partial charge on any atom is 0.119 e. The maximum absolute atomic E-state index is 5.35. The van der Waals surface area contributed by atoms with Crippen molar-refractivity contribution in [1.82, 2.24) is 4.90 Å². The lowest BCUT2D eigenvalue weighted by molar-refractivity contribution is 0.211. The van der Waals surface area contributed by atoms with Crippen molar-refractivity contribution >= 4 is 5.69 Å². The Kier molecular flexibility index (Phi) is 4.16. The number of ether oxygens (including phenoxy) is 1. The van der Waals surface area contributed by atoms with Gasteiger partial charge in [-0.2, -0.15) is 0 Å². The molecule has 0 saturated carbocycles. The van der Waals surface area contributed by atoms with Crippen LogP contribution in [0.4, 0.5) is 5.69 Å². The van der Waals surface area contributed by atoms with Gasteiger partial charge in [0, 0.05) is 31.4 Å². The SMILES string of the molecule is CCCCN1CCN2c3ccc(OC)cc3CCC2C1. The van der Waals surface area contributed by atoms with E-state index in [9.17, 15) is 0 Å². The molecular formula is C17H26N2O. The Hall–Kier alpha value is -1.22. The number of aryl methyl sites for hydroxylation is 1. The van der Waals surface area contributed by atoms with Crippen molar-refractivity contribution < 1.29 is 4.74 Å². The first-order chi connectivity index (χ1) is 9.81. The second-order valence-electron chi connectivity index (χ2n) is 6.03. The molecule has 1 atom stereocenters. The van der Waals surface area contributed by atoms with Crippen LogP contribution in [0.3, 0.4) is 0 Å². The van der Waals surface area contributed by atoms with E-state index >= 15 is 0 Å². The Balaban J connectivity index is 1.72. The van der Waals surface area contributed by atoms with Crippen molar-refractivity contribution in [2.75, 3.05) is 38.2 Å². The van der Waals surface area contributed by atoms with Gasteiger partial charge in [0.2, 0.25) is 0 Å². The van der Waals surface area contributed by atoms with Gasteiger partial charge in [0.1, 0.15) is 5.75 Å². The number of anilines is 1. The molecule has 0 spiro atoms. The zero-order valence-electron chi connectivity index (χ0n) is 12.8. The fourth-order valence-electron chi connectivity index (χ4n) is 3.56. The third-order valence-corrected chi connectivity index (χ3v) is 4.74. The molecule has 20 heavy (non-hydrogen) atoms. The molecule has 2 heterocycles. The first-order valence-electron chi connectivity index (χ1n) is 7.97. The van der Waals surface area contributed by atoms with Crippen LogP contribution in [-0.4, -0.2) is 44.2 Å². The van der Waals surface area contributed by atoms with Crippen LogP contribution in [0, 0.1) is 0 Å². The molecule has 3 rings (SSSR count). The molecule has 1 unspecified atom stereocenters. The van der Waals surface area contributed by atoms with Crippen LogP contribution in [-0.2, 0) is 6.42 Å². The van der Waals surface area contributed by atoms with Gasteiger partial charge in [-0.25, -0.2) is 0 Å². The Morgan fingerprint density at radius 2 is 2.20 bits per heavy atom. The van der Waals surface area contributed by atoms with Crippen LogP contribution in [0.15, 0.2) is 18.2 Å². The Labute approximate surface area is 122 Å². The number of benzene rings is 1. The van der Waals surface area contributed by atoms with Crippen molar-refractivity contribution in [3.05, 3.63) is 23.8 Å². The van der Waals surface area contributed by atoms with Gasteiger partial charge in [-0.15, -0.1) is 0 Å². The highest BCUT2D eigenvalue weighted by Crippen LogP contribution is 2.34. The molecule has 0 aliphatic carbocycles. The Bertz CT molecular complexity index is 460. The van der Waals surface area contributed by atoms with Crippen LogP contribution < -0.4 is 9.64 Å². The van der Waals surface area contributed by atoms with Crippen molar-refractivity contribution in [2.45, 2.75) is 38.6 Å². The molecule has 0 radical (unpaired) electrons. The molecule has 0 amide bonds. The number of unbranched alkanes of at least 4 members (excludes halogenated alkanes) is 1. The van der Waals surface area contributed by atoms with E-state index in [2.05, 4.69) is 34.9 Å². The Morgan fingerprint density at radius 1 is 1.30 bits per heavy atom. The predicted molar refractivity (Wildman–Crippen MR) is 83.8 cm³/mol. The molecule has 1 aromatic rings. The molecular weight excluding hydrogens is 248 g/mol. The van der Waals surface area contributed by atoms with Gasteiger partial charge in [-0.05, 0) is 49.6 Å². The molecule has 110 valence electrons. The number of hydrogen-bond donors (Lipinski definition) is 0. The summed E-state index contributed by atoms with van der Waals surface area (Å²) in [6.07, 6.45) is 5.10. The highest BCUT2D eigenvalue weighted by Gasteiger charge is 2.31. The topological polar surface area (TPSA) is 15.7 Å². The summed E-state index contributed by atoms with van der Waals surface area (Å²) in [6, 6.07) is 7.28. The van der Waals surface area contributed by atoms with Gasteiger partial charge in [0.25, 0.3) is 0 Å². The number of hydrogen-bond acceptors (Lipinski definition) is 3. The van der Waals surface area contributed by atoms with E-state index in [0.717, 1.165) is 5.75 Å². The van der Waals surface area contributed by atoms with Crippen LogP contribution in [0.25, 0.3) is 0 Å².